The molecule has 288 valence electrons. The van der Waals surface area contributed by atoms with E-state index in [0.717, 1.165) is 6.42 Å². The fraction of sp³-hybridized carbons (Fsp3) is 0.960. The fourth-order valence-corrected chi connectivity index (χ4v) is 23.9. The molecule has 0 aromatic carbocycles. The normalized spacial score (nSPS) is 13.9. The average molecular weight is 803 g/mol. The van der Waals surface area contributed by atoms with Gasteiger partial charge in [-0.15, -0.1) is 0 Å². The first kappa shape index (κ1) is 48.3. The lowest BCUT2D eigenvalue weighted by atomic mass is 9.91. The Morgan fingerprint density at radius 3 is 0.875 bits per heavy atom. The van der Waals surface area contributed by atoms with Crippen LogP contribution in [0.25, 0.3) is 0 Å². The summed E-state index contributed by atoms with van der Waals surface area (Å²) < 4.78 is 92.2. The minimum atomic E-state index is -3.56. The Labute approximate surface area is 294 Å². The zero-order valence-electron chi connectivity index (χ0n) is 31.7. The molecule has 0 saturated heterocycles. The summed E-state index contributed by atoms with van der Waals surface area (Å²) >= 11 is 0. The van der Waals surface area contributed by atoms with E-state index < -0.39 is 53.3 Å². The number of carbonyl (C=O) groups is 1. The van der Waals surface area contributed by atoms with Gasteiger partial charge in [0, 0.05) is 97.7 Å². The standard InChI is InChI=1S/C25H62O17Si6/c1-16-19-25(26)24(20-17-22-43(14,39-45(27-2,28-3)29-4)40-46(30-5,31-6)32-7)21-18-23-44(15,41-47(33-8,34-9)35-10)42-48(36-11,37-12)38-13/h24H,16-23H2,1-15H3. The molecule has 0 radical (unpaired) electrons. The molecule has 0 bridgehead atoms. The molecule has 0 fully saturated rings. The zero-order valence-corrected chi connectivity index (χ0v) is 37.7. The van der Waals surface area contributed by atoms with Crippen molar-refractivity contribution in [2.45, 2.75) is 70.6 Å². The van der Waals surface area contributed by atoms with Crippen molar-refractivity contribution in [1.82, 2.24) is 0 Å². The van der Waals surface area contributed by atoms with Crippen molar-refractivity contribution in [2.75, 3.05) is 85.3 Å². The van der Waals surface area contributed by atoms with E-state index in [9.17, 15) is 4.79 Å². The number of hydrogen-bond donors (Lipinski definition) is 0. The smallest absolute Gasteiger partial charge is 0.370 e. The van der Waals surface area contributed by atoms with E-state index in [1.165, 1.54) is 85.3 Å². The van der Waals surface area contributed by atoms with Gasteiger partial charge >= 0.3 is 53.3 Å². The first-order valence-electron chi connectivity index (χ1n) is 15.6. The van der Waals surface area contributed by atoms with Gasteiger partial charge in [-0.1, -0.05) is 19.8 Å². The Bertz CT molecular complexity index is 741. The van der Waals surface area contributed by atoms with Crippen molar-refractivity contribution in [1.29, 1.82) is 0 Å². The summed E-state index contributed by atoms with van der Waals surface area (Å²) in [5, 5.41) is 0. The second-order valence-corrected chi connectivity index (χ2v) is 28.5. The molecule has 0 saturated carbocycles. The topological polar surface area (TPSA) is 165 Å². The molecule has 23 heteroatoms. The molecular formula is C25H62O17Si6. The van der Waals surface area contributed by atoms with Crippen LogP contribution < -0.4 is 0 Å². The maximum Gasteiger partial charge on any atom is 0.669 e. The molecule has 0 heterocycles. The van der Waals surface area contributed by atoms with E-state index in [4.69, 9.17) is 69.6 Å². The first-order chi connectivity index (χ1) is 22.6. The highest BCUT2D eigenvalue weighted by molar-refractivity contribution is 6.81. The van der Waals surface area contributed by atoms with Crippen LogP contribution in [0.4, 0.5) is 0 Å². The van der Waals surface area contributed by atoms with Crippen LogP contribution in [0, 0.1) is 5.92 Å². The average Bonchev–Trinajstić information content (AvgIpc) is 3.10. The summed E-state index contributed by atoms with van der Waals surface area (Å²) in [6.07, 6.45) is 3.47. The molecule has 0 aliphatic rings. The van der Waals surface area contributed by atoms with Crippen LogP contribution in [-0.2, 0) is 74.4 Å². The molecule has 0 aliphatic carbocycles. The van der Waals surface area contributed by atoms with Gasteiger partial charge in [0.1, 0.15) is 5.78 Å². The lowest BCUT2D eigenvalue weighted by molar-refractivity contribution is -0.123. The highest BCUT2D eigenvalue weighted by Crippen LogP contribution is 2.32. The van der Waals surface area contributed by atoms with Crippen molar-refractivity contribution in [2.24, 2.45) is 5.92 Å². The third kappa shape index (κ3) is 14.4. The van der Waals surface area contributed by atoms with Gasteiger partial charge in [-0.05, 0) is 44.4 Å². The zero-order chi connectivity index (χ0) is 37.1. The van der Waals surface area contributed by atoms with Gasteiger partial charge in [-0.2, -0.15) is 0 Å². The third-order valence-electron chi connectivity index (χ3n) is 7.68. The molecule has 0 rings (SSSR count). The van der Waals surface area contributed by atoms with Gasteiger partial charge < -0.3 is 69.6 Å². The lowest BCUT2D eigenvalue weighted by Gasteiger charge is -2.38. The van der Waals surface area contributed by atoms with E-state index in [-0.39, 0.29) is 11.7 Å². The van der Waals surface area contributed by atoms with Crippen LogP contribution in [0.5, 0.6) is 0 Å². The molecule has 0 aromatic heterocycles. The van der Waals surface area contributed by atoms with E-state index >= 15 is 0 Å². The highest BCUT2D eigenvalue weighted by atomic mass is 28.5. The molecular weight excluding hydrogens is 741 g/mol. The number of Topliss-reactive ketones (excluding diaryl/α,β-unsaturated/α-hetero) is 1. The van der Waals surface area contributed by atoms with Crippen LogP contribution in [0.3, 0.4) is 0 Å². The number of ketones is 1. The van der Waals surface area contributed by atoms with Crippen molar-refractivity contribution in [3.8, 4) is 0 Å². The predicted molar refractivity (Wildman–Crippen MR) is 186 cm³/mol. The number of rotatable bonds is 31. The van der Waals surface area contributed by atoms with E-state index in [1.54, 1.807) is 0 Å². The summed E-state index contributed by atoms with van der Waals surface area (Å²) in [7, 11) is -3.36. The third-order valence-corrected chi connectivity index (χ3v) is 27.1. The van der Waals surface area contributed by atoms with E-state index in [2.05, 4.69) is 0 Å². The van der Waals surface area contributed by atoms with Crippen LogP contribution in [0.1, 0.15) is 45.4 Å². The highest BCUT2D eigenvalue weighted by Gasteiger charge is 2.58. The Morgan fingerprint density at radius 2 is 0.688 bits per heavy atom. The predicted octanol–water partition coefficient (Wildman–Crippen LogP) is 3.24. The van der Waals surface area contributed by atoms with Gasteiger partial charge in [0.05, 0.1) is 0 Å². The lowest BCUT2D eigenvalue weighted by Crippen LogP contribution is -2.62. The van der Waals surface area contributed by atoms with Crippen molar-refractivity contribution in [3.63, 3.8) is 0 Å². The van der Waals surface area contributed by atoms with E-state index in [0.29, 0.717) is 44.2 Å². The number of hydrogen-bond acceptors (Lipinski definition) is 17. The molecule has 0 aliphatic heterocycles. The van der Waals surface area contributed by atoms with Crippen LogP contribution in [0.15, 0.2) is 0 Å². The minimum absolute atomic E-state index is 0.167. The molecule has 0 atom stereocenters. The summed E-state index contributed by atoms with van der Waals surface area (Å²) in [6, 6.07) is 0.870. The molecule has 17 nitrogen and oxygen atoms in total. The van der Waals surface area contributed by atoms with Gasteiger partial charge in [-0.3, -0.25) is 4.79 Å². The Balaban J connectivity index is 6.21. The van der Waals surface area contributed by atoms with E-state index in [1.807, 2.05) is 20.0 Å². The van der Waals surface area contributed by atoms with Crippen molar-refractivity contribution < 1.29 is 74.4 Å². The van der Waals surface area contributed by atoms with Gasteiger partial charge in [-0.25, -0.2) is 0 Å². The monoisotopic (exact) mass is 802 g/mol. The molecule has 0 unspecified atom stereocenters. The molecule has 0 aromatic rings. The Kier molecular flexibility index (Phi) is 23.3. The van der Waals surface area contributed by atoms with Crippen molar-refractivity contribution >= 4 is 59.1 Å². The molecule has 0 amide bonds. The van der Waals surface area contributed by atoms with Crippen molar-refractivity contribution in [3.05, 3.63) is 0 Å². The van der Waals surface area contributed by atoms with Crippen LogP contribution >= 0.6 is 0 Å². The fourth-order valence-electron chi connectivity index (χ4n) is 5.06. The quantitative estimate of drug-likeness (QED) is 0.0938. The maximum absolute atomic E-state index is 13.4. The second kappa shape index (κ2) is 23.1. The summed E-state index contributed by atoms with van der Waals surface area (Å²) in [4.78, 5) is 13.4. The SMILES string of the molecule is CCCC(=O)C(CCC[Si](C)(O[Si](OC)(OC)OC)O[Si](OC)(OC)OC)CCC[Si](C)(O[Si](OC)(OC)OC)O[Si](OC)(OC)OC. The molecule has 48 heavy (non-hydrogen) atoms. The largest absolute Gasteiger partial charge is 0.669 e. The Hall–Kier alpha value is 0.331. The molecule has 0 spiro atoms. The van der Waals surface area contributed by atoms with Gasteiger partial charge in [0.15, 0.2) is 0 Å². The summed E-state index contributed by atoms with van der Waals surface area (Å²) in [5.74, 6) is -0.0888. The Morgan fingerprint density at radius 1 is 0.458 bits per heavy atom. The van der Waals surface area contributed by atoms with Crippen LogP contribution in [-0.4, -0.2) is 144 Å². The first-order valence-corrected chi connectivity index (χ1v) is 27.1. The second-order valence-electron chi connectivity index (χ2n) is 10.8. The number of carbonyl (C=O) groups excluding carboxylic acids is 1. The minimum Gasteiger partial charge on any atom is -0.370 e. The molecule has 0 N–H and O–H groups in total. The van der Waals surface area contributed by atoms with Gasteiger partial charge in [0.2, 0.25) is 0 Å². The maximum atomic E-state index is 13.4. The summed E-state index contributed by atoms with van der Waals surface area (Å²) in [5.41, 5.74) is 0. The van der Waals surface area contributed by atoms with Crippen LogP contribution in [0.2, 0.25) is 25.2 Å². The van der Waals surface area contributed by atoms with Gasteiger partial charge in [0.25, 0.3) is 0 Å². The summed E-state index contributed by atoms with van der Waals surface area (Å²) in [6.45, 7) is 5.67.